The normalized spacial score (nSPS) is 12.8. The minimum absolute atomic E-state index is 0.207. The molecule has 0 saturated heterocycles. The van der Waals surface area contributed by atoms with Crippen LogP contribution in [0.5, 0.6) is 0 Å². The standard InChI is InChI=1S/C10H18N4OS/c1-4-6(5(2)3)13-10-7(9(12)15)8(11)14-16-10/h5-6,13H,4H2,1-3H3,(H2,11,14)(H2,12,15). The summed E-state index contributed by atoms with van der Waals surface area (Å²) in [5.74, 6) is 0.139. The van der Waals surface area contributed by atoms with Crippen molar-refractivity contribution < 1.29 is 4.79 Å². The molecule has 0 radical (unpaired) electrons. The van der Waals surface area contributed by atoms with Crippen molar-refractivity contribution in [3.8, 4) is 0 Å². The van der Waals surface area contributed by atoms with Gasteiger partial charge in [-0.2, -0.15) is 4.37 Å². The zero-order valence-corrected chi connectivity index (χ0v) is 10.6. The summed E-state index contributed by atoms with van der Waals surface area (Å²) in [6.07, 6.45) is 0.966. The van der Waals surface area contributed by atoms with Gasteiger partial charge in [0.25, 0.3) is 5.91 Å². The molecule has 1 heterocycles. The van der Waals surface area contributed by atoms with Crippen LogP contribution >= 0.6 is 11.5 Å². The molecule has 90 valence electrons. The Morgan fingerprint density at radius 3 is 2.62 bits per heavy atom. The lowest BCUT2D eigenvalue weighted by Gasteiger charge is -2.21. The number of nitrogen functional groups attached to an aromatic ring is 1. The third-order valence-electron chi connectivity index (χ3n) is 2.53. The monoisotopic (exact) mass is 242 g/mol. The Bertz CT molecular complexity index is 375. The number of hydrogen-bond donors (Lipinski definition) is 3. The Balaban J connectivity index is 2.92. The first-order valence-electron chi connectivity index (χ1n) is 5.28. The van der Waals surface area contributed by atoms with Gasteiger partial charge in [-0.15, -0.1) is 0 Å². The molecule has 0 aliphatic heterocycles. The van der Waals surface area contributed by atoms with Crippen molar-refractivity contribution in [2.24, 2.45) is 11.7 Å². The SMILES string of the molecule is CCC(Nc1snc(N)c1C(N)=O)C(C)C. The van der Waals surface area contributed by atoms with Crippen LogP contribution < -0.4 is 16.8 Å². The number of nitrogens with two attached hydrogens (primary N) is 2. The van der Waals surface area contributed by atoms with Gasteiger partial charge >= 0.3 is 0 Å². The zero-order valence-electron chi connectivity index (χ0n) is 9.78. The minimum Gasteiger partial charge on any atom is -0.382 e. The fraction of sp³-hybridized carbons (Fsp3) is 0.600. The first-order chi connectivity index (χ1) is 7.47. The highest BCUT2D eigenvalue weighted by molar-refractivity contribution is 7.11. The van der Waals surface area contributed by atoms with Gasteiger partial charge in [0.2, 0.25) is 0 Å². The number of carbonyl (C=O) groups excluding carboxylic acids is 1. The number of carbonyl (C=O) groups is 1. The molecule has 1 amide bonds. The van der Waals surface area contributed by atoms with E-state index in [1.54, 1.807) is 0 Å². The predicted molar refractivity (Wildman–Crippen MR) is 67.6 cm³/mol. The Hall–Kier alpha value is -1.30. The Labute approximate surface area is 99.4 Å². The first kappa shape index (κ1) is 12.8. The number of primary amides is 1. The molecule has 0 aromatic carbocycles. The molecule has 1 aromatic rings. The smallest absolute Gasteiger partial charge is 0.255 e. The van der Waals surface area contributed by atoms with Gasteiger partial charge in [0.1, 0.15) is 10.6 Å². The van der Waals surface area contributed by atoms with E-state index in [0.29, 0.717) is 16.5 Å². The summed E-state index contributed by atoms with van der Waals surface area (Å²) < 4.78 is 3.94. The lowest BCUT2D eigenvalue weighted by atomic mass is 10.0. The van der Waals surface area contributed by atoms with Crippen molar-refractivity contribution in [2.45, 2.75) is 33.2 Å². The molecule has 16 heavy (non-hydrogen) atoms. The van der Waals surface area contributed by atoms with Crippen molar-refractivity contribution in [3.05, 3.63) is 5.56 Å². The molecule has 0 aliphatic rings. The summed E-state index contributed by atoms with van der Waals surface area (Å²) in [7, 11) is 0. The lowest BCUT2D eigenvalue weighted by Crippen LogP contribution is -2.25. The van der Waals surface area contributed by atoms with Gasteiger partial charge < -0.3 is 16.8 Å². The molecule has 0 bridgehead atoms. The lowest BCUT2D eigenvalue weighted by molar-refractivity contribution is 0.100. The molecule has 5 nitrogen and oxygen atoms in total. The summed E-state index contributed by atoms with van der Waals surface area (Å²) in [5.41, 5.74) is 11.2. The average Bonchev–Trinajstić information content (AvgIpc) is 2.55. The summed E-state index contributed by atoms with van der Waals surface area (Å²) in [6.45, 7) is 6.33. The van der Waals surface area contributed by atoms with E-state index in [1.807, 2.05) is 0 Å². The second kappa shape index (κ2) is 5.16. The topological polar surface area (TPSA) is 94.0 Å². The van der Waals surface area contributed by atoms with E-state index in [1.165, 1.54) is 11.5 Å². The predicted octanol–water partition coefficient (Wildman–Crippen LogP) is 1.67. The Morgan fingerprint density at radius 2 is 2.19 bits per heavy atom. The van der Waals surface area contributed by atoms with E-state index in [-0.39, 0.29) is 11.9 Å². The molecule has 5 N–H and O–H groups in total. The number of anilines is 2. The highest BCUT2D eigenvalue weighted by Crippen LogP contribution is 2.28. The molecule has 0 spiro atoms. The minimum atomic E-state index is -0.535. The van der Waals surface area contributed by atoms with E-state index >= 15 is 0 Å². The zero-order chi connectivity index (χ0) is 12.3. The van der Waals surface area contributed by atoms with E-state index in [9.17, 15) is 4.79 Å². The quantitative estimate of drug-likeness (QED) is 0.732. The maximum Gasteiger partial charge on any atom is 0.255 e. The van der Waals surface area contributed by atoms with Crippen molar-refractivity contribution in [1.82, 2.24) is 4.37 Å². The summed E-state index contributed by atoms with van der Waals surface area (Å²) in [6, 6.07) is 0.290. The summed E-state index contributed by atoms with van der Waals surface area (Å²) in [5, 5.41) is 3.95. The third kappa shape index (κ3) is 2.63. The number of hydrogen-bond acceptors (Lipinski definition) is 5. The number of rotatable bonds is 5. The first-order valence-corrected chi connectivity index (χ1v) is 6.06. The van der Waals surface area contributed by atoms with Crippen molar-refractivity contribution in [1.29, 1.82) is 0 Å². The molecule has 1 atom stereocenters. The maximum atomic E-state index is 11.2. The van der Waals surface area contributed by atoms with Crippen molar-refractivity contribution in [2.75, 3.05) is 11.1 Å². The number of nitrogens with one attached hydrogen (secondary N) is 1. The Morgan fingerprint density at radius 1 is 1.56 bits per heavy atom. The van der Waals surface area contributed by atoms with Crippen LogP contribution in [0.3, 0.4) is 0 Å². The molecule has 1 aromatic heterocycles. The van der Waals surface area contributed by atoms with E-state index in [0.717, 1.165) is 6.42 Å². The van der Waals surface area contributed by atoms with E-state index < -0.39 is 5.91 Å². The molecule has 0 fully saturated rings. The van der Waals surface area contributed by atoms with Gasteiger partial charge in [-0.25, -0.2) is 0 Å². The van der Waals surface area contributed by atoms with Crippen LogP contribution in [0.15, 0.2) is 0 Å². The molecule has 0 aliphatic carbocycles. The number of nitrogens with zero attached hydrogens (tertiary/aromatic N) is 1. The van der Waals surface area contributed by atoms with Crippen molar-refractivity contribution in [3.63, 3.8) is 0 Å². The highest BCUT2D eigenvalue weighted by Gasteiger charge is 2.20. The van der Waals surface area contributed by atoms with E-state index in [4.69, 9.17) is 11.5 Å². The largest absolute Gasteiger partial charge is 0.382 e. The van der Waals surface area contributed by atoms with Gasteiger partial charge in [-0.1, -0.05) is 20.8 Å². The van der Waals surface area contributed by atoms with Crippen LogP contribution in [0.2, 0.25) is 0 Å². The molecule has 6 heteroatoms. The maximum absolute atomic E-state index is 11.2. The van der Waals surface area contributed by atoms with Gasteiger partial charge in [0.05, 0.1) is 0 Å². The second-order valence-corrected chi connectivity index (χ2v) is 4.81. The molecular formula is C10H18N4OS. The van der Waals surface area contributed by atoms with Crippen LogP contribution in [0.4, 0.5) is 10.8 Å². The molecular weight excluding hydrogens is 224 g/mol. The van der Waals surface area contributed by atoms with Gasteiger partial charge in [0, 0.05) is 6.04 Å². The van der Waals surface area contributed by atoms with Crippen LogP contribution in [-0.2, 0) is 0 Å². The van der Waals surface area contributed by atoms with Gasteiger partial charge in [-0.05, 0) is 23.9 Å². The van der Waals surface area contributed by atoms with Crippen LogP contribution in [0.25, 0.3) is 0 Å². The molecule has 1 unspecified atom stereocenters. The van der Waals surface area contributed by atoms with Crippen molar-refractivity contribution >= 4 is 28.3 Å². The fourth-order valence-corrected chi connectivity index (χ4v) is 2.33. The van der Waals surface area contributed by atoms with Gasteiger partial charge in [0.15, 0.2) is 5.82 Å². The molecule has 0 saturated carbocycles. The van der Waals surface area contributed by atoms with Crippen LogP contribution in [-0.4, -0.2) is 16.3 Å². The Kier molecular flexibility index (Phi) is 4.12. The fourth-order valence-electron chi connectivity index (χ4n) is 1.55. The highest BCUT2D eigenvalue weighted by atomic mass is 32.1. The van der Waals surface area contributed by atoms with E-state index in [2.05, 4.69) is 30.5 Å². The van der Waals surface area contributed by atoms with Gasteiger partial charge in [-0.3, -0.25) is 4.79 Å². The number of amides is 1. The average molecular weight is 242 g/mol. The second-order valence-electron chi connectivity index (χ2n) is 4.04. The third-order valence-corrected chi connectivity index (χ3v) is 3.32. The number of aromatic nitrogens is 1. The van der Waals surface area contributed by atoms with Crippen LogP contribution in [0.1, 0.15) is 37.6 Å². The summed E-state index contributed by atoms with van der Waals surface area (Å²) in [4.78, 5) is 11.2. The van der Waals surface area contributed by atoms with Crippen LogP contribution in [0, 0.1) is 5.92 Å². The molecule has 1 rings (SSSR count). The summed E-state index contributed by atoms with van der Waals surface area (Å²) >= 11 is 1.18.